The highest BCUT2D eigenvalue weighted by Crippen LogP contribution is 2.13. The summed E-state index contributed by atoms with van der Waals surface area (Å²) in [4.78, 5) is 23.0. The zero-order chi connectivity index (χ0) is 16.0. The van der Waals surface area contributed by atoms with Crippen molar-refractivity contribution in [2.45, 2.75) is 25.2 Å². The number of allylic oxidation sites excluding steroid dienone is 1. The van der Waals surface area contributed by atoms with Gasteiger partial charge in [0.05, 0.1) is 17.6 Å². The number of hydrogen-bond acceptors (Lipinski definition) is 5. The lowest BCUT2D eigenvalue weighted by molar-refractivity contribution is -0.115. The van der Waals surface area contributed by atoms with E-state index < -0.39 is 21.9 Å². The first-order valence-electron chi connectivity index (χ1n) is 6.24. The van der Waals surface area contributed by atoms with Gasteiger partial charge in [0.2, 0.25) is 0 Å². The van der Waals surface area contributed by atoms with E-state index in [0.29, 0.717) is 12.0 Å². The van der Waals surface area contributed by atoms with Gasteiger partial charge >= 0.3 is 5.97 Å². The maximum absolute atomic E-state index is 12.1. The molecule has 1 aromatic rings. The van der Waals surface area contributed by atoms with Crippen molar-refractivity contribution >= 4 is 21.9 Å². The van der Waals surface area contributed by atoms with Gasteiger partial charge in [0.15, 0.2) is 0 Å². The van der Waals surface area contributed by atoms with Crippen LogP contribution < -0.4 is 4.72 Å². The summed E-state index contributed by atoms with van der Waals surface area (Å²) in [5, 5.41) is 0. The van der Waals surface area contributed by atoms with Crippen LogP contribution in [0, 0.1) is 0 Å². The maximum Gasteiger partial charge on any atom is 0.337 e. The molecule has 0 bridgehead atoms. The van der Waals surface area contributed by atoms with Gasteiger partial charge in [0.25, 0.3) is 15.9 Å². The zero-order valence-corrected chi connectivity index (χ0v) is 12.9. The minimum Gasteiger partial charge on any atom is -0.465 e. The maximum atomic E-state index is 12.1. The molecule has 0 aliphatic heterocycles. The van der Waals surface area contributed by atoms with Gasteiger partial charge in [-0.05, 0) is 31.5 Å². The summed E-state index contributed by atoms with van der Waals surface area (Å²) in [6, 6.07) is 5.27. The average molecular weight is 311 g/mol. The summed E-state index contributed by atoms with van der Waals surface area (Å²) in [5.74, 6) is -1.35. The Kier molecular flexibility index (Phi) is 5.66. The summed E-state index contributed by atoms with van der Waals surface area (Å²) >= 11 is 0. The van der Waals surface area contributed by atoms with Gasteiger partial charge in [0.1, 0.15) is 0 Å². The van der Waals surface area contributed by atoms with E-state index in [9.17, 15) is 18.0 Å². The third-order valence-electron chi connectivity index (χ3n) is 2.66. The number of ether oxygens (including phenoxy) is 1. The van der Waals surface area contributed by atoms with Crippen LogP contribution in [0.15, 0.2) is 40.8 Å². The Morgan fingerprint density at radius 1 is 1.33 bits per heavy atom. The lowest BCUT2D eigenvalue weighted by atomic mass is 10.2. The van der Waals surface area contributed by atoms with Crippen LogP contribution in [0.5, 0.6) is 0 Å². The predicted octanol–water partition coefficient (Wildman–Crippen LogP) is 1.63. The van der Waals surface area contributed by atoms with Crippen LogP contribution >= 0.6 is 0 Å². The monoisotopic (exact) mass is 311 g/mol. The molecule has 1 rings (SSSR count). The molecule has 0 aliphatic carbocycles. The van der Waals surface area contributed by atoms with Crippen molar-refractivity contribution in [1.82, 2.24) is 4.72 Å². The summed E-state index contributed by atoms with van der Waals surface area (Å²) in [6.07, 6.45) is 2.24. The van der Waals surface area contributed by atoms with Crippen molar-refractivity contribution in [3.63, 3.8) is 0 Å². The first kappa shape index (κ1) is 16.9. The molecule has 0 radical (unpaired) electrons. The first-order valence-corrected chi connectivity index (χ1v) is 7.72. The van der Waals surface area contributed by atoms with Crippen LogP contribution in [-0.2, 0) is 19.6 Å². The molecule has 0 aromatic heterocycles. The van der Waals surface area contributed by atoms with E-state index in [4.69, 9.17) is 0 Å². The van der Waals surface area contributed by atoms with Gasteiger partial charge in [-0.2, -0.15) is 0 Å². The summed E-state index contributed by atoms with van der Waals surface area (Å²) in [6.45, 7) is 3.37. The van der Waals surface area contributed by atoms with Crippen LogP contribution in [0.4, 0.5) is 0 Å². The molecule has 7 heteroatoms. The van der Waals surface area contributed by atoms with Crippen molar-refractivity contribution in [2.24, 2.45) is 0 Å². The summed E-state index contributed by atoms with van der Waals surface area (Å²) in [5.41, 5.74) is 0.402. The Labute approximate surface area is 123 Å². The molecule has 0 aliphatic rings. The number of carbonyl (C=O) groups excluding carboxylic acids is 2. The minimum atomic E-state index is -4.04. The Hall–Kier alpha value is -2.15. The van der Waals surface area contributed by atoms with Crippen LogP contribution in [0.3, 0.4) is 0 Å². The second-order valence-corrected chi connectivity index (χ2v) is 5.93. The Morgan fingerprint density at radius 2 is 2.00 bits per heavy atom. The van der Waals surface area contributed by atoms with Crippen molar-refractivity contribution in [1.29, 1.82) is 0 Å². The highest BCUT2D eigenvalue weighted by molar-refractivity contribution is 7.90. The predicted molar refractivity (Wildman–Crippen MR) is 77.2 cm³/mol. The Bertz CT molecular complexity index is 676. The quantitative estimate of drug-likeness (QED) is 0.659. The van der Waals surface area contributed by atoms with Crippen molar-refractivity contribution in [3.05, 3.63) is 41.5 Å². The third-order valence-corrected chi connectivity index (χ3v) is 3.99. The molecule has 114 valence electrons. The topological polar surface area (TPSA) is 89.5 Å². The molecule has 21 heavy (non-hydrogen) atoms. The smallest absolute Gasteiger partial charge is 0.337 e. The molecule has 0 spiro atoms. The fourth-order valence-corrected chi connectivity index (χ4v) is 2.63. The van der Waals surface area contributed by atoms with Crippen molar-refractivity contribution < 1.29 is 22.7 Å². The van der Waals surface area contributed by atoms with E-state index in [2.05, 4.69) is 4.74 Å². The van der Waals surface area contributed by atoms with Crippen LogP contribution in [0.25, 0.3) is 0 Å². The standard InChI is InChI=1S/C14H17NO5S/c1-4-6-10(2)13(16)15-21(18,19)12-8-5-7-11(9-12)14(17)20-3/h5-9H,4H2,1-3H3,(H,15,16)/b10-6-. The van der Waals surface area contributed by atoms with E-state index in [0.717, 1.165) is 6.07 Å². The van der Waals surface area contributed by atoms with Gasteiger partial charge in [-0.25, -0.2) is 17.9 Å². The number of hydrogen-bond donors (Lipinski definition) is 1. The molecule has 0 heterocycles. The highest BCUT2D eigenvalue weighted by atomic mass is 32.2. The molecule has 1 N–H and O–H groups in total. The average Bonchev–Trinajstić information content (AvgIpc) is 2.46. The minimum absolute atomic E-state index is 0.0913. The zero-order valence-electron chi connectivity index (χ0n) is 12.0. The first-order chi connectivity index (χ1) is 9.81. The molecule has 1 amide bonds. The van der Waals surface area contributed by atoms with Gasteiger partial charge in [-0.1, -0.05) is 19.1 Å². The van der Waals surface area contributed by atoms with E-state index in [1.54, 1.807) is 6.08 Å². The third kappa shape index (κ3) is 4.42. The Morgan fingerprint density at radius 3 is 2.57 bits per heavy atom. The van der Waals surface area contributed by atoms with Gasteiger partial charge < -0.3 is 4.74 Å². The fourth-order valence-electron chi connectivity index (χ4n) is 1.57. The highest BCUT2D eigenvalue weighted by Gasteiger charge is 2.19. The fraction of sp³-hybridized carbons (Fsp3) is 0.286. The molecule has 0 saturated heterocycles. The molecule has 0 atom stereocenters. The normalized spacial score (nSPS) is 11.9. The summed E-state index contributed by atoms with van der Waals surface area (Å²) < 4.78 is 30.7. The van der Waals surface area contributed by atoms with Crippen LogP contribution in [-0.4, -0.2) is 27.4 Å². The van der Waals surface area contributed by atoms with Crippen molar-refractivity contribution in [2.75, 3.05) is 7.11 Å². The number of carbonyl (C=O) groups is 2. The number of methoxy groups -OCH3 is 1. The number of esters is 1. The van der Waals surface area contributed by atoms with Crippen molar-refractivity contribution in [3.8, 4) is 0 Å². The van der Waals surface area contributed by atoms with Gasteiger partial charge in [0, 0.05) is 5.57 Å². The van der Waals surface area contributed by atoms with Crippen LogP contribution in [0.2, 0.25) is 0 Å². The molecule has 0 fully saturated rings. The Balaban J connectivity index is 3.06. The van der Waals surface area contributed by atoms with E-state index >= 15 is 0 Å². The molecule has 0 saturated carbocycles. The molecule has 6 nitrogen and oxygen atoms in total. The molecule has 0 unspecified atom stereocenters. The second-order valence-electron chi connectivity index (χ2n) is 4.25. The van der Waals surface area contributed by atoms with E-state index in [-0.39, 0.29) is 10.5 Å². The van der Waals surface area contributed by atoms with Crippen LogP contribution in [0.1, 0.15) is 30.6 Å². The lowest BCUT2D eigenvalue weighted by Crippen LogP contribution is -2.31. The molecule has 1 aromatic carbocycles. The number of benzene rings is 1. The second kappa shape index (κ2) is 7.03. The van der Waals surface area contributed by atoms with E-state index in [1.807, 2.05) is 11.6 Å². The number of rotatable bonds is 5. The largest absolute Gasteiger partial charge is 0.465 e. The number of nitrogens with one attached hydrogen (secondary N) is 1. The summed E-state index contributed by atoms with van der Waals surface area (Å²) in [7, 11) is -2.84. The SMILES string of the molecule is CC/C=C(/C)C(=O)NS(=O)(=O)c1cccc(C(=O)OC)c1. The lowest BCUT2D eigenvalue weighted by Gasteiger charge is -2.08. The molecular weight excluding hydrogens is 294 g/mol. The van der Waals surface area contributed by atoms with Gasteiger partial charge in [-0.3, -0.25) is 4.79 Å². The van der Waals surface area contributed by atoms with Gasteiger partial charge in [-0.15, -0.1) is 0 Å². The van der Waals surface area contributed by atoms with E-state index in [1.165, 1.54) is 32.2 Å². The number of amides is 1. The molecular formula is C14H17NO5S. The number of sulfonamides is 1.